The molecule has 0 saturated heterocycles. The quantitative estimate of drug-likeness (QED) is 0.612. The van der Waals surface area contributed by atoms with Crippen molar-refractivity contribution in [2.24, 2.45) is 0 Å². The lowest BCUT2D eigenvalue weighted by Gasteiger charge is -2.09. The maximum Gasteiger partial charge on any atom is 0.0895 e. The number of nitrogens with zero attached hydrogens (tertiary/aromatic N) is 1. The highest BCUT2D eigenvalue weighted by Crippen LogP contribution is 2.01. The minimum atomic E-state index is -0.695. The number of aryl methyl sites for hydroxylation is 1. The molecular formula is C10H16N2O2. The zero-order valence-electron chi connectivity index (χ0n) is 8.27. The van der Waals surface area contributed by atoms with Gasteiger partial charge >= 0.3 is 0 Å². The number of aromatic nitrogens is 1. The molecule has 0 aliphatic carbocycles. The van der Waals surface area contributed by atoms with Crippen LogP contribution in [0.2, 0.25) is 0 Å². The topological polar surface area (TPSA) is 65.4 Å². The van der Waals surface area contributed by atoms with Crippen LogP contribution in [0, 0.1) is 6.92 Å². The van der Waals surface area contributed by atoms with E-state index in [1.165, 1.54) is 0 Å². The van der Waals surface area contributed by atoms with Crippen LogP contribution >= 0.6 is 0 Å². The second-order valence-corrected chi connectivity index (χ2v) is 3.23. The Morgan fingerprint density at radius 3 is 3.00 bits per heavy atom. The highest BCUT2D eigenvalue weighted by Gasteiger charge is 2.02. The zero-order valence-corrected chi connectivity index (χ0v) is 8.27. The maximum atomic E-state index is 9.07. The SMILES string of the molecule is Cc1cccnc1CNC[C@H](O)CO. The third-order valence-corrected chi connectivity index (χ3v) is 2.00. The molecule has 0 aromatic carbocycles. The third-order valence-electron chi connectivity index (χ3n) is 2.00. The third kappa shape index (κ3) is 3.41. The Bertz CT molecular complexity index is 279. The Morgan fingerprint density at radius 2 is 2.36 bits per heavy atom. The summed E-state index contributed by atoms with van der Waals surface area (Å²) in [4.78, 5) is 4.19. The molecule has 0 aliphatic heterocycles. The Labute approximate surface area is 83.6 Å². The van der Waals surface area contributed by atoms with Crippen molar-refractivity contribution in [2.75, 3.05) is 13.2 Å². The molecule has 1 atom stereocenters. The molecule has 1 heterocycles. The van der Waals surface area contributed by atoms with Crippen molar-refractivity contribution >= 4 is 0 Å². The number of nitrogens with one attached hydrogen (secondary N) is 1. The summed E-state index contributed by atoms with van der Waals surface area (Å²) in [5.41, 5.74) is 2.09. The van der Waals surface area contributed by atoms with E-state index >= 15 is 0 Å². The summed E-state index contributed by atoms with van der Waals surface area (Å²) in [5, 5.41) is 20.7. The van der Waals surface area contributed by atoms with Crippen LogP contribution in [0.1, 0.15) is 11.3 Å². The van der Waals surface area contributed by atoms with Gasteiger partial charge in [-0.05, 0) is 18.6 Å². The van der Waals surface area contributed by atoms with Crippen molar-refractivity contribution in [3.8, 4) is 0 Å². The summed E-state index contributed by atoms with van der Waals surface area (Å²) in [6, 6.07) is 3.88. The van der Waals surface area contributed by atoms with Gasteiger partial charge in [0.15, 0.2) is 0 Å². The van der Waals surface area contributed by atoms with Crippen LogP contribution < -0.4 is 5.32 Å². The van der Waals surface area contributed by atoms with Gasteiger partial charge in [-0.3, -0.25) is 4.98 Å². The highest BCUT2D eigenvalue weighted by atomic mass is 16.3. The molecular weight excluding hydrogens is 180 g/mol. The van der Waals surface area contributed by atoms with Crippen LogP contribution in [0.3, 0.4) is 0 Å². The molecule has 0 fully saturated rings. The van der Waals surface area contributed by atoms with Crippen LogP contribution in [-0.4, -0.2) is 34.5 Å². The average Bonchev–Trinajstić information content (AvgIpc) is 2.20. The van der Waals surface area contributed by atoms with Crippen LogP contribution in [0.4, 0.5) is 0 Å². The van der Waals surface area contributed by atoms with Crippen molar-refractivity contribution < 1.29 is 10.2 Å². The predicted molar refractivity (Wildman–Crippen MR) is 53.8 cm³/mol. The zero-order chi connectivity index (χ0) is 10.4. The summed E-state index contributed by atoms with van der Waals surface area (Å²) in [6.45, 7) is 2.77. The second-order valence-electron chi connectivity index (χ2n) is 3.23. The Morgan fingerprint density at radius 1 is 1.57 bits per heavy atom. The number of pyridine rings is 1. The molecule has 0 saturated carbocycles. The number of aliphatic hydroxyl groups excluding tert-OH is 2. The van der Waals surface area contributed by atoms with Gasteiger partial charge in [-0.15, -0.1) is 0 Å². The van der Waals surface area contributed by atoms with Crippen molar-refractivity contribution in [3.05, 3.63) is 29.6 Å². The van der Waals surface area contributed by atoms with Gasteiger partial charge in [-0.2, -0.15) is 0 Å². The summed E-state index contributed by atoms with van der Waals surface area (Å²) in [7, 11) is 0. The lowest BCUT2D eigenvalue weighted by atomic mass is 10.2. The van der Waals surface area contributed by atoms with E-state index in [1.54, 1.807) is 6.20 Å². The van der Waals surface area contributed by atoms with Crippen LogP contribution in [0.25, 0.3) is 0 Å². The first-order valence-electron chi connectivity index (χ1n) is 4.64. The smallest absolute Gasteiger partial charge is 0.0895 e. The first-order valence-corrected chi connectivity index (χ1v) is 4.64. The lowest BCUT2D eigenvalue weighted by Crippen LogP contribution is -2.29. The van der Waals surface area contributed by atoms with E-state index in [9.17, 15) is 0 Å². The van der Waals surface area contributed by atoms with Gasteiger partial charge in [0.1, 0.15) is 0 Å². The molecule has 78 valence electrons. The summed E-state index contributed by atoms with van der Waals surface area (Å²) >= 11 is 0. The first kappa shape index (κ1) is 11.1. The largest absolute Gasteiger partial charge is 0.394 e. The first-order chi connectivity index (χ1) is 6.74. The Balaban J connectivity index is 2.35. The predicted octanol–water partition coefficient (Wildman–Crippen LogP) is -0.167. The molecule has 1 aromatic rings. The van der Waals surface area contributed by atoms with Gasteiger partial charge in [0.25, 0.3) is 0 Å². The van der Waals surface area contributed by atoms with Crippen molar-refractivity contribution in [3.63, 3.8) is 0 Å². The van der Waals surface area contributed by atoms with Gasteiger partial charge in [0.05, 0.1) is 18.4 Å². The van der Waals surface area contributed by atoms with E-state index in [1.807, 2.05) is 19.1 Å². The van der Waals surface area contributed by atoms with E-state index < -0.39 is 6.10 Å². The summed E-state index contributed by atoms with van der Waals surface area (Å²) < 4.78 is 0. The van der Waals surface area contributed by atoms with E-state index in [2.05, 4.69) is 10.3 Å². The fourth-order valence-corrected chi connectivity index (χ4v) is 1.13. The molecule has 0 aliphatic rings. The molecule has 4 heteroatoms. The van der Waals surface area contributed by atoms with Crippen LogP contribution in [-0.2, 0) is 6.54 Å². The fourth-order valence-electron chi connectivity index (χ4n) is 1.13. The van der Waals surface area contributed by atoms with Crippen molar-refractivity contribution in [1.82, 2.24) is 10.3 Å². The molecule has 0 unspecified atom stereocenters. The number of hydrogen-bond acceptors (Lipinski definition) is 4. The van der Waals surface area contributed by atoms with E-state index in [0.717, 1.165) is 11.3 Å². The van der Waals surface area contributed by atoms with Gasteiger partial charge in [0.2, 0.25) is 0 Å². The number of rotatable bonds is 5. The molecule has 0 bridgehead atoms. The highest BCUT2D eigenvalue weighted by molar-refractivity contribution is 5.17. The Hall–Kier alpha value is -0.970. The number of hydrogen-bond donors (Lipinski definition) is 3. The van der Waals surface area contributed by atoms with Crippen molar-refractivity contribution in [2.45, 2.75) is 19.6 Å². The lowest BCUT2D eigenvalue weighted by molar-refractivity contribution is 0.0941. The normalized spacial score (nSPS) is 12.8. The average molecular weight is 196 g/mol. The molecule has 0 radical (unpaired) electrons. The second kappa shape index (κ2) is 5.70. The minimum Gasteiger partial charge on any atom is -0.394 e. The van der Waals surface area contributed by atoms with Crippen molar-refractivity contribution in [1.29, 1.82) is 0 Å². The maximum absolute atomic E-state index is 9.07. The monoisotopic (exact) mass is 196 g/mol. The van der Waals surface area contributed by atoms with Gasteiger partial charge in [0, 0.05) is 19.3 Å². The van der Waals surface area contributed by atoms with Gasteiger partial charge < -0.3 is 15.5 Å². The Kier molecular flexibility index (Phi) is 4.52. The molecule has 0 spiro atoms. The van der Waals surface area contributed by atoms with E-state index in [-0.39, 0.29) is 6.61 Å². The standard InChI is InChI=1S/C10H16N2O2/c1-8-3-2-4-12-10(8)6-11-5-9(14)7-13/h2-4,9,11,13-14H,5-7H2,1H3/t9-/m0/s1. The molecule has 4 nitrogen and oxygen atoms in total. The molecule has 3 N–H and O–H groups in total. The van der Waals surface area contributed by atoms with E-state index in [0.29, 0.717) is 13.1 Å². The van der Waals surface area contributed by atoms with Crippen LogP contribution in [0.15, 0.2) is 18.3 Å². The fraction of sp³-hybridized carbons (Fsp3) is 0.500. The number of aliphatic hydroxyl groups is 2. The summed E-state index contributed by atoms with van der Waals surface area (Å²) in [6.07, 6.45) is 1.05. The molecule has 14 heavy (non-hydrogen) atoms. The molecule has 1 aromatic heterocycles. The molecule has 0 amide bonds. The summed E-state index contributed by atoms with van der Waals surface area (Å²) in [5.74, 6) is 0. The van der Waals surface area contributed by atoms with Gasteiger partial charge in [-0.1, -0.05) is 6.07 Å². The molecule has 1 rings (SSSR count). The van der Waals surface area contributed by atoms with E-state index in [4.69, 9.17) is 10.2 Å². The van der Waals surface area contributed by atoms with Crippen LogP contribution in [0.5, 0.6) is 0 Å². The van der Waals surface area contributed by atoms with Gasteiger partial charge in [-0.25, -0.2) is 0 Å². The minimum absolute atomic E-state index is 0.214.